The smallest absolute Gasteiger partial charge is 0.193 e. The van der Waals surface area contributed by atoms with Crippen LogP contribution in [0.3, 0.4) is 0 Å². The van der Waals surface area contributed by atoms with Crippen molar-refractivity contribution < 1.29 is 9.15 Å². The maximum absolute atomic E-state index is 6.10. The number of likely N-dealkylation sites (tertiary alicyclic amines) is 1. The lowest BCUT2D eigenvalue weighted by Gasteiger charge is -2.24. The Bertz CT molecular complexity index is 551. The van der Waals surface area contributed by atoms with Gasteiger partial charge in [-0.25, -0.2) is 0 Å². The van der Waals surface area contributed by atoms with E-state index in [2.05, 4.69) is 24.1 Å². The maximum atomic E-state index is 6.10. The van der Waals surface area contributed by atoms with Gasteiger partial charge in [-0.1, -0.05) is 13.8 Å². The minimum Gasteiger partial charge on any atom is -0.469 e. The van der Waals surface area contributed by atoms with Crippen LogP contribution in [0.1, 0.15) is 32.4 Å². The first-order valence-corrected chi connectivity index (χ1v) is 9.42. The first-order valence-electron chi connectivity index (χ1n) is 9.42. The number of fused-ring (bicyclic) bond motifs is 5. The predicted molar refractivity (Wildman–Crippen MR) is 94.0 cm³/mol. The van der Waals surface area contributed by atoms with E-state index in [1.807, 2.05) is 12.1 Å². The maximum Gasteiger partial charge on any atom is 0.193 e. The van der Waals surface area contributed by atoms with Crippen LogP contribution in [0.25, 0.3) is 0 Å². The van der Waals surface area contributed by atoms with E-state index in [9.17, 15) is 0 Å². The lowest BCUT2D eigenvalue weighted by Crippen LogP contribution is -2.42. The number of guanidine groups is 1. The van der Waals surface area contributed by atoms with Gasteiger partial charge in [-0.3, -0.25) is 4.99 Å². The second-order valence-corrected chi connectivity index (χ2v) is 7.84. The zero-order valence-corrected chi connectivity index (χ0v) is 14.8. The predicted octanol–water partition coefficient (Wildman–Crippen LogP) is 2.53. The fourth-order valence-electron chi connectivity index (χ4n) is 4.42. The molecule has 4 rings (SSSR count). The van der Waals surface area contributed by atoms with Gasteiger partial charge in [-0.15, -0.1) is 0 Å². The zero-order chi connectivity index (χ0) is 16.5. The van der Waals surface area contributed by atoms with Gasteiger partial charge in [0.05, 0.1) is 18.5 Å². The molecule has 3 aliphatic rings. The van der Waals surface area contributed by atoms with Gasteiger partial charge in [-0.2, -0.15) is 0 Å². The molecule has 3 fully saturated rings. The standard InChI is InChI=1S/C19H29N3O2/c1-13(2)10-21-19(20-8-7-14-4-3-9-23-14)22-11-15-16(12-22)18-6-5-17(15)24-18/h3-4,9,13,15-18H,5-8,10-12H2,1-2H3,(H,20,21). The van der Waals surface area contributed by atoms with Crippen LogP contribution < -0.4 is 5.32 Å². The molecule has 5 nitrogen and oxygen atoms in total. The Hall–Kier alpha value is -1.49. The highest BCUT2D eigenvalue weighted by Crippen LogP contribution is 2.47. The number of ether oxygens (including phenoxy) is 1. The summed E-state index contributed by atoms with van der Waals surface area (Å²) in [5.41, 5.74) is 0. The van der Waals surface area contributed by atoms with Crippen LogP contribution in [-0.4, -0.2) is 49.2 Å². The van der Waals surface area contributed by atoms with Crippen molar-refractivity contribution in [2.75, 3.05) is 26.2 Å². The monoisotopic (exact) mass is 331 g/mol. The van der Waals surface area contributed by atoms with E-state index < -0.39 is 0 Å². The molecule has 1 aromatic heterocycles. The van der Waals surface area contributed by atoms with Crippen molar-refractivity contribution >= 4 is 5.96 Å². The number of aliphatic imine (C=N–C) groups is 1. The SMILES string of the molecule is CC(C)CN=C(NCCc1ccco1)N1CC2C3CCC(O3)C2C1. The number of rotatable bonds is 5. The number of nitrogens with zero attached hydrogens (tertiary/aromatic N) is 2. The van der Waals surface area contributed by atoms with Crippen molar-refractivity contribution in [3.8, 4) is 0 Å². The van der Waals surface area contributed by atoms with Gasteiger partial charge >= 0.3 is 0 Å². The van der Waals surface area contributed by atoms with Gasteiger partial charge in [0.15, 0.2) is 5.96 Å². The summed E-state index contributed by atoms with van der Waals surface area (Å²) >= 11 is 0. The van der Waals surface area contributed by atoms with E-state index in [-0.39, 0.29) is 0 Å². The number of hydrogen-bond donors (Lipinski definition) is 1. The summed E-state index contributed by atoms with van der Waals surface area (Å²) < 4.78 is 11.5. The lowest BCUT2D eigenvalue weighted by atomic mass is 9.82. The number of nitrogens with one attached hydrogen (secondary N) is 1. The van der Waals surface area contributed by atoms with Gasteiger partial charge in [-0.05, 0) is 30.9 Å². The van der Waals surface area contributed by atoms with Crippen molar-refractivity contribution in [3.05, 3.63) is 24.2 Å². The Morgan fingerprint density at radius 1 is 1.29 bits per heavy atom. The van der Waals surface area contributed by atoms with Crippen LogP contribution in [0.15, 0.2) is 27.8 Å². The third kappa shape index (κ3) is 3.18. The molecule has 4 atom stereocenters. The summed E-state index contributed by atoms with van der Waals surface area (Å²) in [6.45, 7) is 8.36. The minimum atomic E-state index is 0.500. The molecule has 4 unspecified atom stereocenters. The molecule has 24 heavy (non-hydrogen) atoms. The third-order valence-corrected chi connectivity index (χ3v) is 5.59. The number of furan rings is 1. The van der Waals surface area contributed by atoms with Crippen molar-refractivity contribution in [1.82, 2.24) is 10.2 Å². The fraction of sp³-hybridized carbons (Fsp3) is 0.737. The molecule has 4 heterocycles. The summed E-state index contributed by atoms with van der Waals surface area (Å²) in [4.78, 5) is 7.35. The average molecular weight is 331 g/mol. The number of hydrogen-bond acceptors (Lipinski definition) is 3. The topological polar surface area (TPSA) is 50.0 Å². The van der Waals surface area contributed by atoms with Gasteiger partial charge < -0.3 is 19.4 Å². The van der Waals surface area contributed by atoms with E-state index in [1.165, 1.54) is 12.8 Å². The molecule has 132 valence electrons. The van der Waals surface area contributed by atoms with E-state index in [1.54, 1.807) is 6.26 Å². The Labute approximate surface area is 144 Å². The van der Waals surface area contributed by atoms with Crippen LogP contribution >= 0.6 is 0 Å². The molecule has 0 spiro atoms. The summed E-state index contributed by atoms with van der Waals surface area (Å²) in [6, 6.07) is 3.97. The van der Waals surface area contributed by atoms with Crippen LogP contribution in [-0.2, 0) is 11.2 Å². The average Bonchev–Trinajstić information content (AvgIpc) is 3.32. The first-order chi connectivity index (χ1) is 11.7. The Morgan fingerprint density at radius 3 is 2.67 bits per heavy atom. The molecule has 2 bridgehead atoms. The molecule has 3 saturated heterocycles. The highest BCUT2D eigenvalue weighted by atomic mass is 16.5. The molecule has 0 aromatic carbocycles. The highest BCUT2D eigenvalue weighted by molar-refractivity contribution is 5.80. The normalized spacial score (nSPS) is 32.0. The molecule has 0 radical (unpaired) electrons. The zero-order valence-electron chi connectivity index (χ0n) is 14.8. The van der Waals surface area contributed by atoms with Crippen molar-refractivity contribution in [2.24, 2.45) is 22.7 Å². The summed E-state index contributed by atoms with van der Waals surface area (Å²) in [6.07, 6.45) is 6.14. The summed E-state index contributed by atoms with van der Waals surface area (Å²) in [5, 5.41) is 3.57. The Kier molecular flexibility index (Phi) is 4.53. The first kappa shape index (κ1) is 16.0. The molecular formula is C19H29N3O2. The van der Waals surface area contributed by atoms with Crippen LogP contribution in [0, 0.1) is 17.8 Å². The van der Waals surface area contributed by atoms with E-state index >= 15 is 0 Å². The fourth-order valence-corrected chi connectivity index (χ4v) is 4.42. The highest BCUT2D eigenvalue weighted by Gasteiger charge is 2.53. The van der Waals surface area contributed by atoms with Gasteiger partial charge in [0.25, 0.3) is 0 Å². The Balaban J connectivity index is 1.38. The summed E-state index contributed by atoms with van der Waals surface area (Å²) in [7, 11) is 0. The third-order valence-electron chi connectivity index (χ3n) is 5.59. The van der Waals surface area contributed by atoms with Gasteiger partial charge in [0, 0.05) is 44.4 Å². The molecule has 0 aliphatic carbocycles. The van der Waals surface area contributed by atoms with Gasteiger partial charge in [0.1, 0.15) is 5.76 Å². The second-order valence-electron chi connectivity index (χ2n) is 7.84. The molecule has 5 heteroatoms. The quantitative estimate of drug-likeness (QED) is 0.665. The van der Waals surface area contributed by atoms with E-state index in [4.69, 9.17) is 14.1 Å². The Morgan fingerprint density at radius 2 is 2.04 bits per heavy atom. The molecule has 0 saturated carbocycles. The van der Waals surface area contributed by atoms with Crippen LogP contribution in [0.2, 0.25) is 0 Å². The molecule has 3 aliphatic heterocycles. The van der Waals surface area contributed by atoms with E-state index in [0.29, 0.717) is 30.0 Å². The largest absolute Gasteiger partial charge is 0.469 e. The second kappa shape index (κ2) is 6.79. The lowest BCUT2D eigenvalue weighted by molar-refractivity contribution is 0.0767. The van der Waals surface area contributed by atoms with Crippen molar-refractivity contribution in [3.63, 3.8) is 0 Å². The molecular weight excluding hydrogens is 302 g/mol. The summed E-state index contributed by atoms with van der Waals surface area (Å²) in [5.74, 6) is 4.09. The van der Waals surface area contributed by atoms with Crippen molar-refractivity contribution in [2.45, 2.75) is 45.3 Å². The van der Waals surface area contributed by atoms with Crippen LogP contribution in [0.5, 0.6) is 0 Å². The minimum absolute atomic E-state index is 0.500. The van der Waals surface area contributed by atoms with E-state index in [0.717, 1.165) is 44.3 Å². The molecule has 1 N–H and O–H groups in total. The van der Waals surface area contributed by atoms with Gasteiger partial charge in [0.2, 0.25) is 0 Å². The molecule has 0 amide bonds. The molecule has 1 aromatic rings. The van der Waals surface area contributed by atoms with Crippen LogP contribution in [0.4, 0.5) is 0 Å². The van der Waals surface area contributed by atoms with Crippen molar-refractivity contribution in [1.29, 1.82) is 0 Å².